The van der Waals surface area contributed by atoms with E-state index in [2.05, 4.69) is 15.2 Å². The topological polar surface area (TPSA) is 141 Å². The molecule has 1 unspecified atom stereocenters. The standard InChI is InChI=1S/C27H31N5O5S/c1-20-8-10-22(11-9-20)38(35,36)31-23(18-21-6-3-2-4-7-21)26(34)32-16-12-27(13-17-32)19-24(30-37-27)25(33)29-15-5-14-28/h2-4,6-11,23,31H,5,12-13,15-19H2,1H3,(H,29,33). The SMILES string of the molecule is Cc1ccc(S(=O)(=O)NC(Cc2ccccc2)C(=O)N2CCC3(CC2)CC(C(=O)NCCC#N)=NO3)cc1. The largest absolute Gasteiger partial charge is 0.388 e. The first-order valence-corrected chi connectivity index (χ1v) is 14.0. The molecule has 1 saturated heterocycles. The third kappa shape index (κ3) is 6.57. The van der Waals surface area contributed by atoms with Gasteiger partial charge in [-0.05, 0) is 31.0 Å². The summed E-state index contributed by atoms with van der Waals surface area (Å²) in [5.74, 6) is -0.670. The molecule has 10 nitrogen and oxygen atoms in total. The Kier molecular flexibility index (Phi) is 8.44. The molecule has 0 bridgehead atoms. The predicted molar refractivity (Wildman–Crippen MR) is 140 cm³/mol. The van der Waals surface area contributed by atoms with Gasteiger partial charge in [0, 0.05) is 38.9 Å². The van der Waals surface area contributed by atoms with Gasteiger partial charge < -0.3 is 15.1 Å². The highest BCUT2D eigenvalue weighted by Gasteiger charge is 2.45. The lowest BCUT2D eigenvalue weighted by Gasteiger charge is -2.38. The second-order valence-corrected chi connectivity index (χ2v) is 11.4. The maximum atomic E-state index is 13.6. The Labute approximate surface area is 222 Å². The molecule has 2 aliphatic heterocycles. The number of rotatable bonds is 9. The molecule has 2 aromatic carbocycles. The van der Waals surface area contributed by atoms with Gasteiger partial charge in [-0.1, -0.05) is 53.2 Å². The number of likely N-dealkylation sites (tertiary alicyclic amines) is 1. The van der Waals surface area contributed by atoms with Gasteiger partial charge >= 0.3 is 0 Å². The van der Waals surface area contributed by atoms with Crippen molar-refractivity contribution in [2.45, 2.75) is 55.6 Å². The van der Waals surface area contributed by atoms with Crippen LogP contribution in [0.4, 0.5) is 0 Å². The molecule has 1 spiro atoms. The molecule has 0 aromatic heterocycles. The van der Waals surface area contributed by atoms with E-state index in [1.807, 2.05) is 43.3 Å². The lowest BCUT2D eigenvalue weighted by Crippen LogP contribution is -2.54. The first-order chi connectivity index (χ1) is 18.2. The molecule has 2 N–H and O–H groups in total. The zero-order valence-electron chi connectivity index (χ0n) is 21.2. The highest BCUT2D eigenvalue weighted by Crippen LogP contribution is 2.35. The van der Waals surface area contributed by atoms with Crippen molar-refractivity contribution < 1.29 is 22.8 Å². The molecular formula is C27H31N5O5S. The van der Waals surface area contributed by atoms with Gasteiger partial charge in [-0.2, -0.15) is 9.98 Å². The summed E-state index contributed by atoms with van der Waals surface area (Å²) in [5.41, 5.74) is 1.37. The van der Waals surface area contributed by atoms with Gasteiger partial charge in [0.1, 0.15) is 17.4 Å². The highest BCUT2D eigenvalue weighted by molar-refractivity contribution is 7.89. The second kappa shape index (κ2) is 11.8. The van der Waals surface area contributed by atoms with E-state index in [1.165, 1.54) is 12.1 Å². The maximum Gasteiger partial charge on any atom is 0.269 e. The zero-order valence-corrected chi connectivity index (χ0v) is 22.0. The number of aryl methyl sites for hydroxylation is 1. The fraction of sp³-hybridized carbons (Fsp3) is 0.407. The minimum atomic E-state index is -3.93. The number of carbonyl (C=O) groups is 2. The predicted octanol–water partition coefficient (Wildman–Crippen LogP) is 2.05. The summed E-state index contributed by atoms with van der Waals surface area (Å²) in [6, 6.07) is 16.7. The first-order valence-electron chi connectivity index (χ1n) is 12.5. The fourth-order valence-electron chi connectivity index (χ4n) is 4.60. The quantitative estimate of drug-likeness (QED) is 0.469. The molecule has 2 amide bonds. The number of hydrogen-bond acceptors (Lipinski definition) is 7. The average molecular weight is 538 g/mol. The molecule has 0 radical (unpaired) electrons. The number of hydrogen-bond donors (Lipinski definition) is 2. The van der Waals surface area contributed by atoms with Crippen LogP contribution in [0.15, 0.2) is 64.6 Å². The average Bonchev–Trinajstić information content (AvgIpc) is 3.32. The van der Waals surface area contributed by atoms with Crippen molar-refractivity contribution in [3.05, 3.63) is 65.7 Å². The van der Waals surface area contributed by atoms with Crippen molar-refractivity contribution in [3.63, 3.8) is 0 Å². The molecule has 0 saturated carbocycles. The Morgan fingerprint density at radius 1 is 1.13 bits per heavy atom. The number of sulfonamides is 1. The van der Waals surface area contributed by atoms with Crippen LogP contribution in [0.5, 0.6) is 0 Å². The zero-order chi connectivity index (χ0) is 27.2. The number of nitriles is 1. The van der Waals surface area contributed by atoms with Gasteiger partial charge in [-0.25, -0.2) is 8.42 Å². The smallest absolute Gasteiger partial charge is 0.269 e. The van der Waals surface area contributed by atoms with Crippen molar-refractivity contribution in [1.82, 2.24) is 14.9 Å². The number of nitrogens with one attached hydrogen (secondary N) is 2. The molecule has 2 aliphatic rings. The summed E-state index contributed by atoms with van der Waals surface area (Å²) in [6.07, 6.45) is 1.65. The number of carbonyl (C=O) groups excluding carboxylic acids is 2. The van der Waals surface area contributed by atoms with E-state index >= 15 is 0 Å². The van der Waals surface area contributed by atoms with Crippen LogP contribution in [0.3, 0.4) is 0 Å². The van der Waals surface area contributed by atoms with Crippen LogP contribution in [0.1, 0.15) is 36.8 Å². The van der Waals surface area contributed by atoms with E-state index in [1.54, 1.807) is 17.0 Å². The molecule has 200 valence electrons. The van der Waals surface area contributed by atoms with Crippen LogP contribution in [0.25, 0.3) is 0 Å². The molecule has 11 heteroatoms. The van der Waals surface area contributed by atoms with Crippen molar-refractivity contribution in [2.75, 3.05) is 19.6 Å². The highest BCUT2D eigenvalue weighted by atomic mass is 32.2. The summed E-state index contributed by atoms with van der Waals surface area (Å²) in [5, 5.41) is 15.3. The van der Waals surface area contributed by atoms with E-state index in [0.29, 0.717) is 32.4 Å². The van der Waals surface area contributed by atoms with Crippen molar-refractivity contribution >= 4 is 27.5 Å². The van der Waals surface area contributed by atoms with Crippen molar-refractivity contribution in [3.8, 4) is 6.07 Å². The lowest BCUT2D eigenvalue weighted by atomic mass is 9.86. The minimum absolute atomic E-state index is 0.101. The number of nitrogens with zero attached hydrogens (tertiary/aromatic N) is 3. The molecule has 38 heavy (non-hydrogen) atoms. The van der Waals surface area contributed by atoms with Crippen LogP contribution >= 0.6 is 0 Å². The van der Waals surface area contributed by atoms with E-state index in [9.17, 15) is 18.0 Å². The lowest BCUT2D eigenvalue weighted by molar-refractivity contribution is -0.138. The van der Waals surface area contributed by atoms with Crippen LogP contribution in [-0.2, 0) is 30.9 Å². The van der Waals surface area contributed by atoms with Crippen LogP contribution in [-0.4, -0.2) is 62.1 Å². The van der Waals surface area contributed by atoms with E-state index in [0.717, 1.165) is 11.1 Å². The monoisotopic (exact) mass is 537 g/mol. The van der Waals surface area contributed by atoms with Crippen molar-refractivity contribution in [1.29, 1.82) is 5.26 Å². The molecule has 2 aromatic rings. The van der Waals surface area contributed by atoms with Crippen LogP contribution in [0, 0.1) is 18.3 Å². The molecule has 1 fully saturated rings. The third-order valence-corrected chi connectivity index (χ3v) is 8.31. The van der Waals surface area contributed by atoms with Crippen LogP contribution < -0.4 is 10.0 Å². The Morgan fingerprint density at radius 2 is 1.82 bits per heavy atom. The van der Waals surface area contributed by atoms with Gasteiger partial charge in [0.15, 0.2) is 0 Å². The summed E-state index contributed by atoms with van der Waals surface area (Å²) in [6.45, 7) is 2.80. The van der Waals surface area contributed by atoms with Gasteiger partial charge in [0.25, 0.3) is 5.91 Å². The van der Waals surface area contributed by atoms with E-state index < -0.39 is 21.7 Å². The molecule has 0 aliphatic carbocycles. The van der Waals surface area contributed by atoms with Gasteiger partial charge in [-0.15, -0.1) is 0 Å². The molecule has 4 rings (SSSR count). The summed E-state index contributed by atoms with van der Waals surface area (Å²) < 4.78 is 28.9. The third-order valence-electron chi connectivity index (χ3n) is 6.82. The van der Waals surface area contributed by atoms with Gasteiger partial charge in [0.05, 0.1) is 17.4 Å². The van der Waals surface area contributed by atoms with E-state index in [-0.39, 0.29) is 41.8 Å². The summed E-state index contributed by atoms with van der Waals surface area (Å²) in [4.78, 5) is 33.3. The number of oxime groups is 1. The number of benzene rings is 2. The van der Waals surface area contributed by atoms with Gasteiger partial charge in [-0.3, -0.25) is 9.59 Å². The Hall–Kier alpha value is -3.75. The molecule has 1 atom stereocenters. The normalized spacial score (nSPS) is 17.3. The Bertz CT molecular complexity index is 1330. The molecule has 2 heterocycles. The van der Waals surface area contributed by atoms with Crippen molar-refractivity contribution in [2.24, 2.45) is 5.16 Å². The fourth-order valence-corrected chi connectivity index (χ4v) is 5.79. The Morgan fingerprint density at radius 3 is 2.47 bits per heavy atom. The number of amides is 2. The Balaban J connectivity index is 1.42. The molecular weight excluding hydrogens is 506 g/mol. The summed E-state index contributed by atoms with van der Waals surface area (Å²) >= 11 is 0. The minimum Gasteiger partial charge on any atom is -0.388 e. The van der Waals surface area contributed by atoms with E-state index in [4.69, 9.17) is 10.1 Å². The number of piperidine rings is 1. The summed E-state index contributed by atoms with van der Waals surface area (Å²) in [7, 11) is -3.93. The maximum absolute atomic E-state index is 13.6. The second-order valence-electron chi connectivity index (χ2n) is 9.66. The van der Waals surface area contributed by atoms with Gasteiger partial charge in [0.2, 0.25) is 15.9 Å². The first kappa shape index (κ1) is 27.3. The van der Waals surface area contributed by atoms with Crippen LogP contribution in [0.2, 0.25) is 0 Å².